The second-order valence-electron chi connectivity index (χ2n) is 5.37. The number of ether oxygens (including phenoxy) is 1. The second kappa shape index (κ2) is 5.34. The first-order valence-electron chi connectivity index (χ1n) is 5.94. The number of aromatic nitrogens is 2. The predicted octanol–water partition coefficient (Wildman–Crippen LogP) is 0.0173. The van der Waals surface area contributed by atoms with Crippen LogP contribution in [0.5, 0.6) is 0 Å². The maximum atomic E-state index is 11.3. The van der Waals surface area contributed by atoms with Crippen molar-refractivity contribution in [3.05, 3.63) is 11.8 Å². The molecular weight excluding hydrogens is 247 g/mol. The van der Waals surface area contributed by atoms with Crippen LogP contribution in [0.3, 0.4) is 0 Å². The van der Waals surface area contributed by atoms with Gasteiger partial charge in [-0.15, -0.1) is 0 Å². The van der Waals surface area contributed by atoms with E-state index in [4.69, 9.17) is 4.65 Å². The van der Waals surface area contributed by atoms with Crippen LogP contribution in [0.2, 0.25) is 0 Å². The Morgan fingerprint density at radius 2 is 2.00 bits per heavy atom. The lowest BCUT2D eigenvalue weighted by atomic mass is 9.85. The van der Waals surface area contributed by atoms with Crippen molar-refractivity contribution in [2.75, 3.05) is 7.11 Å². The fraction of sp³-hybridized carbons (Fsp3) is 0.667. The van der Waals surface area contributed by atoms with E-state index < -0.39 is 17.2 Å². The summed E-state index contributed by atoms with van der Waals surface area (Å²) < 4.78 is 11.7. The summed E-state index contributed by atoms with van der Waals surface area (Å²) in [6.45, 7) is 6.90. The SMILES string of the molecule is COC(=O)c1cc([B]OC(C)(C)C(C)(C)O)n(C)n1. The summed E-state index contributed by atoms with van der Waals surface area (Å²) in [4.78, 5) is 11.3. The zero-order valence-electron chi connectivity index (χ0n) is 12.2. The Hall–Kier alpha value is -1.34. The Morgan fingerprint density at radius 1 is 1.42 bits per heavy atom. The fourth-order valence-electron chi connectivity index (χ4n) is 1.15. The molecule has 105 valence electrons. The number of nitrogens with zero attached hydrogens (tertiary/aromatic N) is 2. The van der Waals surface area contributed by atoms with Crippen molar-refractivity contribution in [3.8, 4) is 0 Å². The van der Waals surface area contributed by atoms with Crippen molar-refractivity contribution >= 4 is 19.0 Å². The van der Waals surface area contributed by atoms with Crippen LogP contribution in [0.25, 0.3) is 0 Å². The van der Waals surface area contributed by atoms with Gasteiger partial charge in [-0.2, -0.15) is 5.10 Å². The molecule has 0 spiro atoms. The van der Waals surface area contributed by atoms with E-state index in [9.17, 15) is 9.90 Å². The summed E-state index contributed by atoms with van der Waals surface area (Å²) in [6.07, 6.45) is 0. The van der Waals surface area contributed by atoms with Gasteiger partial charge in [-0.1, -0.05) is 0 Å². The first-order chi connectivity index (χ1) is 8.58. The third-order valence-corrected chi connectivity index (χ3v) is 3.26. The topological polar surface area (TPSA) is 73.6 Å². The van der Waals surface area contributed by atoms with Gasteiger partial charge in [0.15, 0.2) is 5.69 Å². The number of aryl methyl sites for hydroxylation is 1. The molecule has 0 aromatic carbocycles. The summed E-state index contributed by atoms with van der Waals surface area (Å²) in [5, 5.41) is 14.0. The highest BCUT2D eigenvalue weighted by molar-refractivity contribution is 6.46. The van der Waals surface area contributed by atoms with Crippen LogP contribution in [0.15, 0.2) is 6.07 Å². The van der Waals surface area contributed by atoms with Crippen molar-refractivity contribution in [2.45, 2.75) is 38.9 Å². The van der Waals surface area contributed by atoms with E-state index in [2.05, 4.69) is 9.84 Å². The van der Waals surface area contributed by atoms with Crippen LogP contribution >= 0.6 is 0 Å². The third-order valence-electron chi connectivity index (χ3n) is 3.26. The molecule has 0 bridgehead atoms. The number of carbonyl (C=O) groups excluding carboxylic acids is 1. The summed E-state index contributed by atoms with van der Waals surface area (Å²) in [5.74, 6) is -0.503. The molecule has 1 rings (SSSR count). The van der Waals surface area contributed by atoms with Crippen LogP contribution < -0.4 is 5.59 Å². The molecule has 19 heavy (non-hydrogen) atoms. The van der Waals surface area contributed by atoms with Crippen LogP contribution in [0, 0.1) is 0 Å². The van der Waals surface area contributed by atoms with E-state index in [0.29, 0.717) is 5.59 Å². The normalized spacial score (nSPS) is 12.4. The van der Waals surface area contributed by atoms with E-state index in [0.717, 1.165) is 0 Å². The number of esters is 1. The average molecular weight is 267 g/mol. The van der Waals surface area contributed by atoms with Crippen molar-refractivity contribution in [2.24, 2.45) is 7.05 Å². The minimum absolute atomic E-state index is 0.209. The minimum atomic E-state index is -1.01. The van der Waals surface area contributed by atoms with Crippen LogP contribution in [-0.4, -0.2) is 46.7 Å². The van der Waals surface area contributed by atoms with E-state index in [-0.39, 0.29) is 5.69 Å². The van der Waals surface area contributed by atoms with Crippen LogP contribution in [0.4, 0.5) is 0 Å². The minimum Gasteiger partial charge on any atom is -0.464 e. The molecule has 1 radical (unpaired) electrons. The van der Waals surface area contributed by atoms with Crippen molar-refractivity contribution in [1.82, 2.24) is 9.78 Å². The molecule has 0 aliphatic carbocycles. The van der Waals surface area contributed by atoms with E-state index in [1.54, 1.807) is 40.8 Å². The number of aliphatic hydroxyl groups is 1. The molecule has 0 fully saturated rings. The fourth-order valence-corrected chi connectivity index (χ4v) is 1.15. The number of hydrogen-bond acceptors (Lipinski definition) is 5. The smallest absolute Gasteiger partial charge is 0.358 e. The molecule has 1 heterocycles. The molecule has 0 unspecified atom stereocenters. The Bertz CT molecular complexity index is 463. The van der Waals surface area contributed by atoms with Crippen LogP contribution in [-0.2, 0) is 16.4 Å². The van der Waals surface area contributed by atoms with Gasteiger partial charge in [0, 0.05) is 12.6 Å². The van der Waals surface area contributed by atoms with Crippen molar-refractivity contribution < 1.29 is 19.3 Å². The Balaban J connectivity index is 2.79. The van der Waals surface area contributed by atoms with E-state index >= 15 is 0 Å². The molecule has 6 nitrogen and oxygen atoms in total. The van der Waals surface area contributed by atoms with Crippen molar-refractivity contribution in [3.63, 3.8) is 0 Å². The number of methoxy groups -OCH3 is 1. The summed E-state index contributed by atoms with van der Waals surface area (Å²) in [7, 11) is 4.46. The quantitative estimate of drug-likeness (QED) is 0.601. The zero-order chi connectivity index (χ0) is 14.8. The number of rotatable bonds is 5. The van der Waals surface area contributed by atoms with Gasteiger partial charge in [-0.05, 0) is 33.8 Å². The number of carbonyl (C=O) groups is 1. The molecule has 1 aromatic rings. The van der Waals surface area contributed by atoms with Crippen LogP contribution in [0.1, 0.15) is 38.2 Å². The molecule has 0 saturated carbocycles. The summed E-state index contributed by atoms with van der Waals surface area (Å²) in [5.41, 5.74) is -0.964. The molecule has 0 aliphatic rings. The Kier molecular flexibility index (Phi) is 4.42. The summed E-state index contributed by atoms with van der Waals surface area (Å²) >= 11 is 0. The van der Waals surface area contributed by atoms with Gasteiger partial charge >= 0.3 is 13.5 Å². The second-order valence-corrected chi connectivity index (χ2v) is 5.37. The van der Waals surface area contributed by atoms with Gasteiger partial charge in [-0.25, -0.2) is 4.79 Å². The first kappa shape index (κ1) is 15.7. The molecular formula is C12H20BN2O4. The maximum absolute atomic E-state index is 11.3. The van der Waals surface area contributed by atoms with Gasteiger partial charge in [-0.3, -0.25) is 4.68 Å². The standard InChI is InChI=1S/C12H20BN2O4/c1-11(2,17)12(3,4)19-13-9-7-8(10(16)18-6)14-15(9)5/h7,17H,1-6H3. The van der Waals surface area contributed by atoms with Gasteiger partial charge in [0.2, 0.25) is 0 Å². The summed E-state index contributed by atoms with van der Waals surface area (Å²) in [6, 6.07) is 1.56. The lowest BCUT2D eigenvalue weighted by Crippen LogP contribution is -2.49. The molecule has 0 aliphatic heterocycles. The van der Waals surface area contributed by atoms with Gasteiger partial charge in [0.25, 0.3) is 0 Å². The van der Waals surface area contributed by atoms with E-state index in [1.165, 1.54) is 19.3 Å². The number of hydrogen-bond donors (Lipinski definition) is 1. The van der Waals surface area contributed by atoms with E-state index in [1.807, 2.05) is 0 Å². The molecule has 1 aromatic heterocycles. The highest BCUT2D eigenvalue weighted by Crippen LogP contribution is 2.24. The highest BCUT2D eigenvalue weighted by atomic mass is 16.5. The van der Waals surface area contributed by atoms with Gasteiger partial charge in [0.05, 0.1) is 18.3 Å². The third kappa shape index (κ3) is 3.57. The Labute approximate surface area is 114 Å². The Morgan fingerprint density at radius 3 is 2.47 bits per heavy atom. The lowest BCUT2D eigenvalue weighted by molar-refractivity contribution is -0.0894. The molecule has 0 saturated heterocycles. The monoisotopic (exact) mass is 267 g/mol. The molecule has 0 atom stereocenters. The van der Waals surface area contributed by atoms with Gasteiger partial charge in [0.1, 0.15) is 0 Å². The van der Waals surface area contributed by atoms with Gasteiger partial charge < -0.3 is 14.5 Å². The molecule has 1 N–H and O–H groups in total. The lowest BCUT2D eigenvalue weighted by Gasteiger charge is -2.37. The largest absolute Gasteiger partial charge is 0.464 e. The zero-order valence-corrected chi connectivity index (χ0v) is 12.2. The highest BCUT2D eigenvalue weighted by Gasteiger charge is 2.36. The predicted molar refractivity (Wildman–Crippen MR) is 71.4 cm³/mol. The van der Waals surface area contributed by atoms with Crippen molar-refractivity contribution in [1.29, 1.82) is 0 Å². The maximum Gasteiger partial charge on any atom is 0.358 e. The molecule has 0 amide bonds. The average Bonchev–Trinajstić information content (AvgIpc) is 2.65. The first-order valence-corrected chi connectivity index (χ1v) is 5.94. The molecule has 7 heteroatoms.